The van der Waals surface area contributed by atoms with Crippen molar-refractivity contribution in [3.63, 3.8) is 0 Å². The summed E-state index contributed by atoms with van der Waals surface area (Å²) in [4.78, 5) is 12.5. The predicted octanol–water partition coefficient (Wildman–Crippen LogP) is 4.92. The number of amides is 1. The van der Waals surface area contributed by atoms with Crippen LogP contribution in [0.5, 0.6) is 0 Å². The van der Waals surface area contributed by atoms with E-state index in [0.717, 1.165) is 29.8 Å². The first kappa shape index (κ1) is 19.2. The molecule has 3 aromatic rings. The number of carbonyl (C=O) groups is 1. The molecular formula is C24H22ClN3O. The zero-order chi connectivity index (χ0) is 20.1. The Kier molecular flexibility index (Phi) is 5.92. The van der Waals surface area contributed by atoms with Gasteiger partial charge in [-0.05, 0) is 35.4 Å². The summed E-state index contributed by atoms with van der Waals surface area (Å²) in [6.07, 6.45) is 0.876. The highest BCUT2D eigenvalue weighted by molar-refractivity contribution is 6.30. The van der Waals surface area contributed by atoms with E-state index in [4.69, 9.17) is 16.7 Å². The quantitative estimate of drug-likeness (QED) is 0.634. The molecule has 0 aliphatic carbocycles. The minimum atomic E-state index is -0.0870. The van der Waals surface area contributed by atoms with Crippen molar-refractivity contribution in [3.05, 3.63) is 107 Å². The third kappa shape index (κ3) is 4.66. The van der Waals surface area contributed by atoms with Crippen LogP contribution in [0.2, 0.25) is 5.02 Å². The predicted molar refractivity (Wildman–Crippen MR) is 117 cm³/mol. The smallest absolute Gasteiger partial charge is 0.251 e. The van der Waals surface area contributed by atoms with Crippen LogP contribution in [0, 0.1) is 0 Å². The summed E-state index contributed by atoms with van der Waals surface area (Å²) in [7, 11) is 0. The van der Waals surface area contributed by atoms with E-state index in [9.17, 15) is 4.79 Å². The second-order valence-corrected chi connectivity index (χ2v) is 7.41. The van der Waals surface area contributed by atoms with Crippen molar-refractivity contribution in [2.24, 2.45) is 5.10 Å². The first-order valence-corrected chi connectivity index (χ1v) is 10.1. The number of carbonyl (C=O) groups excluding carboxylic acids is 1. The number of nitrogens with one attached hydrogen (secondary N) is 1. The van der Waals surface area contributed by atoms with Gasteiger partial charge in [0.25, 0.3) is 5.91 Å². The van der Waals surface area contributed by atoms with Gasteiger partial charge in [0.15, 0.2) is 0 Å². The van der Waals surface area contributed by atoms with Crippen LogP contribution in [0.3, 0.4) is 0 Å². The van der Waals surface area contributed by atoms with Gasteiger partial charge in [-0.1, -0.05) is 72.3 Å². The van der Waals surface area contributed by atoms with Crippen LogP contribution in [0.1, 0.15) is 33.9 Å². The van der Waals surface area contributed by atoms with Gasteiger partial charge in [0.05, 0.1) is 11.8 Å². The lowest BCUT2D eigenvalue weighted by Gasteiger charge is -2.27. The minimum Gasteiger partial charge on any atom is -0.350 e. The molecule has 0 radical (unpaired) electrons. The van der Waals surface area contributed by atoms with Crippen molar-refractivity contribution in [1.82, 2.24) is 10.3 Å². The highest BCUT2D eigenvalue weighted by Crippen LogP contribution is 2.27. The third-order valence-corrected chi connectivity index (χ3v) is 5.29. The summed E-state index contributed by atoms with van der Waals surface area (Å²) in [5.74, 6) is -0.0870. The Morgan fingerprint density at radius 2 is 1.62 bits per heavy atom. The molecule has 0 spiro atoms. The molecule has 0 aromatic heterocycles. The molecule has 4 nitrogen and oxygen atoms in total. The second-order valence-electron chi connectivity index (χ2n) is 6.97. The number of hydrogen-bond acceptors (Lipinski definition) is 3. The lowest BCUT2D eigenvalue weighted by Crippen LogP contribution is -2.35. The molecule has 3 aromatic carbocycles. The van der Waals surface area contributed by atoms with Crippen LogP contribution in [-0.2, 0) is 0 Å². The Morgan fingerprint density at radius 1 is 0.966 bits per heavy atom. The van der Waals surface area contributed by atoms with Crippen LogP contribution < -0.4 is 5.32 Å². The minimum absolute atomic E-state index is 0.0684. The summed E-state index contributed by atoms with van der Waals surface area (Å²) in [5, 5.41) is 10.7. The zero-order valence-corrected chi connectivity index (χ0v) is 16.7. The molecule has 1 atom stereocenters. The third-order valence-electron chi connectivity index (χ3n) is 5.04. The van der Waals surface area contributed by atoms with Gasteiger partial charge in [-0.3, -0.25) is 9.80 Å². The maximum atomic E-state index is 12.5. The molecule has 1 unspecified atom stereocenters. The van der Waals surface area contributed by atoms with Crippen LogP contribution in [0.15, 0.2) is 90.0 Å². The molecule has 5 heteroatoms. The van der Waals surface area contributed by atoms with E-state index in [-0.39, 0.29) is 11.9 Å². The zero-order valence-electron chi connectivity index (χ0n) is 16.0. The van der Waals surface area contributed by atoms with Crippen molar-refractivity contribution >= 4 is 23.2 Å². The summed E-state index contributed by atoms with van der Waals surface area (Å²) < 4.78 is 0. The number of halogens is 1. The SMILES string of the molecule is O=C(NCC(c1ccc(Cl)cc1)N1CCC(c2ccccc2)=N1)c1ccccc1. The van der Waals surface area contributed by atoms with Crippen LogP contribution >= 0.6 is 11.6 Å². The van der Waals surface area contributed by atoms with E-state index < -0.39 is 0 Å². The first-order valence-electron chi connectivity index (χ1n) is 9.69. The van der Waals surface area contributed by atoms with E-state index in [2.05, 4.69) is 22.5 Å². The maximum absolute atomic E-state index is 12.5. The summed E-state index contributed by atoms with van der Waals surface area (Å²) >= 11 is 6.08. The summed E-state index contributed by atoms with van der Waals surface area (Å²) in [5.41, 5.74) is 3.93. The summed E-state index contributed by atoms with van der Waals surface area (Å²) in [6, 6.07) is 27.2. The lowest BCUT2D eigenvalue weighted by atomic mass is 10.1. The van der Waals surface area contributed by atoms with Gasteiger partial charge >= 0.3 is 0 Å². The van der Waals surface area contributed by atoms with E-state index in [1.54, 1.807) is 0 Å². The largest absolute Gasteiger partial charge is 0.350 e. The second kappa shape index (κ2) is 8.93. The Balaban J connectivity index is 1.55. The highest BCUT2D eigenvalue weighted by atomic mass is 35.5. The first-order chi connectivity index (χ1) is 14.2. The van der Waals surface area contributed by atoms with E-state index in [1.807, 2.05) is 72.8 Å². The van der Waals surface area contributed by atoms with Gasteiger partial charge < -0.3 is 5.32 Å². The van der Waals surface area contributed by atoms with Crippen molar-refractivity contribution < 1.29 is 4.79 Å². The molecule has 4 rings (SSSR count). The van der Waals surface area contributed by atoms with Crippen molar-refractivity contribution in [2.75, 3.05) is 13.1 Å². The molecule has 146 valence electrons. The van der Waals surface area contributed by atoms with Gasteiger partial charge in [-0.2, -0.15) is 5.10 Å². The Hall–Kier alpha value is -3.11. The molecule has 1 N–H and O–H groups in total. The fourth-order valence-corrected chi connectivity index (χ4v) is 3.62. The van der Waals surface area contributed by atoms with Gasteiger partial charge in [-0.15, -0.1) is 0 Å². The standard InChI is InChI=1S/C24H22ClN3O/c25-21-13-11-19(12-14-21)23(17-26-24(29)20-9-5-2-6-10-20)28-16-15-22(27-28)18-7-3-1-4-8-18/h1-14,23H,15-17H2,(H,26,29). The van der Waals surface area contributed by atoms with E-state index in [0.29, 0.717) is 17.1 Å². The molecule has 0 saturated carbocycles. The number of hydrogen-bond donors (Lipinski definition) is 1. The average molecular weight is 404 g/mol. The molecule has 1 aliphatic rings. The Bertz CT molecular complexity index is 988. The number of rotatable bonds is 6. The van der Waals surface area contributed by atoms with Gasteiger partial charge in [-0.25, -0.2) is 0 Å². The van der Waals surface area contributed by atoms with Crippen LogP contribution in [0.4, 0.5) is 0 Å². The maximum Gasteiger partial charge on any atom is 0.251 e. The molecule has 1 amide bonds. The van der Waals surface area contributed by atoms with Crippen molar-refractivity contribution in [3.8, 4) is 0 Å². The summed E-state index contributed by atoms with van der Waals surface area (Å²) in [6.45, 7) is 1.26. The number of benzene rings is 3. The van der Waals surface area contributed by atoms with E-state index in [1.165, 1.54) is 0 Å². The van der Waals surface area contributed by atoms with Crippen molar-refractivity contribution in [1.29, 1.82) is 0 Å². The molecule has 29 heavy (non-hydrogen) atoms. The fourth-order valence-electron chi connectivity index (χ4n) is 3.49. The molecule has 1 heterocycles. The lowest BCUT2D eigenvalue weighted by molar-refractivity contribution is 0.0936. The number of hydrazone groups is 1. The topological polar surface area (TPSA) is 44.7 Å². The molecule has 0 bridgehead atoms. The van der Waals surface area contributed by atoms with Crippen LogP contribution in [-0.4, -0.2) is 29.7 Å². The van der Waals surface area contributed by atoms with Crippen LogP contribution in [0.25, 0.3) is 0 Å². The van der Waals surface area contributed by atoms with Gasteiger partial charge in [0.1, 0.15) is 0 Å². The van der Waals surface area contributed by atoms with Crippen molar-refractivity contribution in [2.45, 2.75) is 12.5 Å². The number of nitrogens with zero attached hydrogens (tertiary/aromatic N) is 2. The van der Waals surface area contributed by atoms with Gasteiger partial charge in [0.2, 0.25) is 0 Å². The fraction of sp³-hybridized carbons (Fsp3) is 0.167. The average Bonchev–Trinajstić information content (AvgIpc) is 3.26. The molecule has 0 saturated heterocycles. The normalized spacial score (nSPS) is 14.4. The molecule has 1 aliphatic heterocycles. The Morgan fingerprint density at radius 3 is 2.31 bits per heavy atom. The van der Waals surface area contributed by atoms with Gasteiger partial charge in [0, 0.05) is 30.1 Å². The van der Waals surface area contributed by atoms with E-state index >= 15 is 0 Å². The molecule has 0 fully saturated rings. The molecular weight excluding hydrogens is 382 g/mol. The highest BCUT2D eigenvalue weighted by Gasteiger charge is 2.25. The Labute approximate surface area is 175 Å². The monoisotopic (exact) mass is 403 g/mol.